The smallest absolute Gasteiger partial charge is 0.427 e. The number of esters is 1. The summed E-state index contributed by atoms with van der Waals surface area (Å²) in [4.78, 5) is 11.5. The van der Waals surface area contributed by atoms with Gasteiger partial charge >= 0.3 is 12.1 Å². The number of carbonyl (C=O) groups excluding carboxylic acids is 1. The van der Waals surface area contributed by atoms with E-state index in [2.05, 4.69) is 4.37 Å². The Labute approximate surface area is 138 Å². The van der Waals surface area contributed by atoms with Crippen LogP contribution in [-0.2, 0) is 20.4 Å². The van der Waals surface area contributed by atoms with Crippen LogP contribution in [-0.4, -0.2) is 16.1 Å². The fourth-order valence-electron chi connectivity index (χ4n) is 2.43. The predicted molar refractivity (Wildman–Crippen MR) is 79.0 cm³/mol. The predicted octanol–water partition coefficient (Wildman–Crippen LogP) is 4.63. The van der Waals surface area contributed by atoms with Crippen molar-refractivity contribution in [2.75, 3.05) is 0 Å². The summed E-state index contributed by atoms with van der Waals surface area (Å²) in [7, 11) is 0. The Bertz CT molecular complexity index is 722. The lowest BCUT2D eigenvalue weighted by Gasteiger charge is -2.35. The van der Waals surface area contributed by atoms with Gasteiger partial charge in [-0.25, -0.2) is 0 Å². The third kappa shape index (κ3) is 3.26. The normalized spacial score (nSPS) is 21.3. The molecule has 0 radical (unpaired) electrons. The van der Waals surface area contributed by atoms with Crippen LogP contribution in [0.3, 0.4) is 0 Å². The molecule has 2 aromatic heterocycles. The molecule has 0 amide bonds. The monoisotopic (exact) mass is 363 g/mol. The van der Waals surface area contributed by atoms with Crippen molar-refractivity contribution in [1.82, 2.24) is 4.37 Å². The van der Waals surface area contributed by atoms with Crippen molar-refractivity contribution < 1.29 is 27.4 Å². The van der Waals surface area contributed by atoms with Crippen LogP contribution in [0.15, 0.2) is 17.5 Å². The molecule has 0 N–H and O–H groups in total. The van der Waals surface area contributed by atoms with Crippen molar-refractivity contribution in [2.24, 2.45) is 0 Å². The Morgan fingerprint density at radius 2 is 2.13 bits per heavy atom. The number of nitrogens with zero attached hydrogens (tertiary/aromatic N) is 1. The van der Waals surface area contributed by atoms with Crippen LogP contribution in [0.2, 0.25) is 0 Å². The molecule has 4 nitrogen and oxygen atoms in total. The lowest BCUT2D eigenvalue weighted by atomic mass is 10.0. The molecule has 1 unspecified atom stereocenters. The maximum absolute atomic E-state index is 13.4. The quantitative estimate of drug-likeness (QED) is 0.730. The highest BCUT2D eigenvalue weighted by molar-refractivity contribution is 7.14. The third-order valence-electron chi connectivity index (χ3n) is 3.20. The van der Waals surface area contributed by atoms with E-state index in [9.17, 15) is 18.0 Å². The summed E-state index contributed by atoms with van der Waals surface area (Å²) in [5, 5.41) is 1.76. The van der Waals surface area contributed by atoms with Crippen molar-refractivity contribution in [3.05, 3.63) is 28.0 Å². The molecule has 1 aliphatic heterocycles. The third-order valence-corrected chi connectivity index (χ3v) is 4.98. The summed E-state index contributed by atoms with van der Waals surface area (Å²) in [6.45, 7) is 2.99. The first-order valence-electron chi connectivity index (χ1n) is 6.68. The van der Waals surface area contributed by atoms with Crippen molar-refractivity contribution in [2.45, 2.75) is 38.3 Å². The van der Waals surface area contributed by atoms with Crippen molar-refractivity contribution in [1.29, 1.82) is 0 Å². The molecule has 1 atom stereocenters. The van der Waals surface area contributed by atoms with Gasteiger partial charge in [0.25, 0.3) is 0 Å². The van der Waals surface area contributed by atoms with E-state index in [1.165, 1.54) is 25.2 Å². The molecule has 1 fully saturated rings. The summed E-state index contributed by atoms with van der Waals surface area (Å²) < 4.78 is 54.6. The zero-order valence-corrected chi connectivity index (χ0v) is 13.8. The van der Waals surface area contributed by atoms with Crippen LogP contribution in [0.4, 0.5) is 13.2 Å². The van der Waals surface area contributed by atoms with E-state index in [0.717, 1.165) is 0 Å². The van der Waals surface area contributed by atoms with Crippen molar-refractivity contribution in [3.63, 3.8) is 0 Å². The van der Waals surface area contributed by atoms with Gasteiger partial charge in [0, 0.05) is 19.4 Å². The highest BCUT2D eigenvalue weighted by Crippen LogP contribution is 2.47. The number of cyclic esters (lactones) is 1. The molecule has 2 aromatic rings. The molecular formula is C14H12F3NO3S2. The zero-order chi connectivity index (χ0) is 16.8. The SMILES string of the molecule is CC1(C)OC(=O)CC(c2c(-c3cccs3)nsc2C(F)(F)F)O1. The molecule has 3 rings (SSSR count). The maximum Gasteiger partial charge on any atom is 0.427 e. The summed E-state index contributed by atoms with van der Waals surface area (Å²) in [6, 6.07) is 3.42. The van der Waals surface area contributed by atoms with Gasteiger partial charge in [0.2, 0.25) is 5.79 Å². The minimum Gasteiger partial charge on any atom is -0.434 e. The Kier molecular flexibility index (Phi) is 3.97. The van der Waals surface area contributed by atoms with E-state index in [1.807, 2.05) is 0 Å². The van der Waals surface area contributed by atoms with Crippen LogP contribution in [0.5, 0.6) is 0 Å². The van der Waals surface area contributed by atoms with Crippen LogP contribution < -0.4 is 0 Å². The molecule has 124 valence electrons. The second-order valence-corrected chi connectivity index (χ2v) is 7.15. The summed E-state index contributed by atoms with van der Waals surface area (Å²) in [5.41, 5.74) is 0.127. The number of halogens is 3. The summed E-state index contributed by atoms with van der Waals surface area (Å²) in [6.07, 6.45) is -5.88. The topological polar surface area (TPSA) is 48.4 Å². The van der Waals surface area contributed by atoms with Gasteiger partial charge in [-0.15, -0.1) is 11.3 Å². The van der Waals surface area contributed by atoms with Gasteiger partial charge in [-0.2, -0.15) is 17.5 Å². The van der Waals surface area contributed by atoms with Crippen molar-refractivity contribution >= 4 is 28.8 Å². The van der Waals surface area contributed by atoms with Crippen LogP contribution >= 0.6 is 22.9 Å². The first-order valence-corrected chi connectivity index (χ1v) is 8.33. The van der Waals surface area contributed by atoms with Crippen LogP contribution in [0.1, 0.15) is 36.8 Å². The Morgan fingerprint density at radius 3 is 2.70 bits per heavy atom. The molecule has 23 heavy (non-hydrogen) atoms. The molecule has 3 heterocycles. The van der Waals surface area contributed by atoms with Crippen LogP contribution in [0, 0.1) is 0 Å². The Morgan fingerprint density at radius 1 is 1.39 bits per heavy atom. The van der Waals surface area contributed by atoms with Crippen LogP contribution in [0.25, 0.3) is 10.6 Å². The van der Waals surface area contributed by atoms with Gasteiger partial charge in [0.15, 0.2) is 0 Å². The average molecular weight is 363 g/mol. The lowest BCUT2D eigenvalue weighted by molar-refractivity contribution is -0.260. The number of rotatable bonds is 2. The van der Waals surface area contributed by atoms with Gasteiger partial charge in [0.1, 0.15) is 16.7 Å². The fourth-order valence-corrected chi connectivity index (χ4v) is 4.02. The van der Waals surface area contributed by atoms with E-state index >= 15 is 0 Å². The number of aromatic nitrogens is 1. The molecule has 0 aliphatic carbocycles. The molecule has 0 bridgehead atoms. The number of carbonyl (C=O) groups is 1. The molecule has 9 heteroatoms. The van der Waals surface area contributed by atoms with Gasteiger partial charge in [-0.1, -0.05) is 6.07 Å². The van der Waals surface area contributed by atoms with Gasteiger partial charge < -0.3 is 9.47 Å². The highest BCUT2D eigenvalue weighted by Gasteiger charge is 2.45. The second kappa shape index (κ2) is 5.57. The van der Waals surface area contributed by atoms with Gasteiger partial charge in [-0.3, -0.25) is 4.79 Å². The second-order valence-electron chi connectivity index (χ2n) is 5.43. The lowest BCUT2D eigenvalue weighted by Crippen LogP contribution is -2.39. The highest BCUT2D eigenvalue weighted by atomic mass is 32.1. The molecular weight excluding hydrogens is 351 g/mol. The average Bonchev–Trinajstić information content (AvgIpc) is 3.04. The zero-order valence-electron chi connectivity index (χ0n) is 12.1. The number of ether oxygens (including phenoxy) is 2. The minimum absolute atomic E-state index is 0.0883. The fraction of sp³-hybridized carbons (Fsp3) is 0.429. The maximum atomic E-state index is 13.4. The number of thiophene rings is 1. The summed E-state index contributed by atoms with van der Waals surface area (Å²) >= 11 is 1.66. The molecule has 0 spiro atoms. The van der Waals surface area contributed by atoms with E-state index in [4.69, 9.17) is 9.47 Å². The Balaban J connectivity index is 2.12. The van der Waals surface area contributed by atoms with E-state index in [0.29, 0.717) is 16.4 Å². The van der Waals surface area contributed by atoms with E-state index in [1.54, 1.807) is 17.5 Å². The Hall–Kier alpha value is -1.45. The van der Waals surface area contributed by atoms with Crippen molar-refractivity contribution in [3.8, 4) is 10.6 Å². The van der Waals surface area contributed by atoms with E-state index in [-0.39, 0.29) is 17.7 Å². The number of hydrogen-bond donors (Lipinski definition) is 0. The van der Waals surface area contributed by atoms with Gasteiger partial charge in [0.05, 0.1) is 11.3 Å². The van der Waals surface area contributed by atoms with Gasteiger partial charge in [-0.05, 0) is 23.0 Å². The number of hydrogen-bond acceptors (Lipinski definition) is 6. The molecule has 1 saturated heterocycles. The standard InChI is InChI=1S/C14H12F3NO3S2/c1-13(2)20-7(6-9(19)21-13)10-11(8-4-3-5-22-8)18-23-12(10)14(15,16)17/h3-5,7H,6H2,1-2H3. The molecule has 1 aliphatic rings. The molecule has 0 aromatic carbocycles. The van der Waals surface area contributed by atoms with E-state index < -0.39 is 28.9 Å². The first-order chi connectivity index (χ1) is 10.7. The first kappa shape index (κ1) is 16.4. The minimum atomic E-state index is -4.56. The molecule has 0 saturated carbocycles. The summed E-state index contributed by atoms with van der Waals surface area (Å²) in [5.74, 6) is -1.87. The largest absolute Gasteiger partial charge is 0.434 e. The number of alkyl halides is 3.